The van der Waals surface area contributed by atoms with Gasteiger partial charge in [0.05, 0.1) is 5.02 Å². The van der Waals surface area contributed by atoms with Crippen LogP contribution in [-0.2, 0) is 6.54 Å². The van der Waals surface area contributed by atoms with Crippen LogP contribution in [0.5, 0.6) is 0 Å². The van der Waals surface area contributed by atoms with Gasteiger partial charge >= 0.3 is 0 Å². The summed E-state index contributed by atoms with van der Waals surface area (Å²) in [5, 5.41) is 5.20. The number of fused-ring (bicyclic) bond motifs is 1. The molecule has 2 nitrogen and oxygen atoms in total. The Balaban J connectivity index is 1.88. The van der Waals surface area contributed by atoms with Crippen LogP contribution in [0.4, 0.5) is 0 Å². The van der Waals surface area contributed by atoms with Crippen LogP contribution in [0.2, 0.25) is 5.02 Å². The first-order valence-electron chi connectivity index (χ1n) is 7.26. The van der Waals surface area contributed by atoms with Gasteiger partial charge in [-0.25, -0.2) is 0 Å². The average Bonchev–Trinajstić information content (AvgIpc) is 2.91. The van der Waals surface area contributed by atoms with E-state index in [1.807, 2.05) is 42.5 Å². The summed E-state index contributed by atoms with van der Waals surface area (Å²) >= 11 is 6.42. The first kappa shape index (κ1) is 14.2. The molecule has 0 saturated carbocycles. The summed E-state index contributed by atoms with van der Waals surface area (Å²) in [6.07, 6.45) is 1.13. The first-order chi connectivity index (χ1) is 10.3. The number of halogens is 1. The minimum Gasteiger partial charge on any atom is -0.456 e. The van der Waals surface area contributed by atoms with Crippen molar-refractivity contribution in [2.24, 2.45) is 0 Å². The third-order valence-corrected chi connectivity index (χ3v) is 3.79. The molecule has 0 fully saturated rings. The lowest BCUT2D eigenvalue weighted by atomic mass is 10.1. The Morgan fingerprint density at radius 3 is 2.71 bits per heavy atom. The summed E-state index contributed by atoms with van der Waals surface area (Å²) < 4.78 is 5.87. The summed E-state index contributed by atoms with van der Waals surface area (Å²) in [7, 11) is 0. The maximum Gasteiger partial charge on any atom is 0.136 e. The van der Waals surface area contributed by atoms with Crippen LogP contribution < -0.4 is 5.32 Å². The molecule has 0 unspecified atom stereocenters. The molecule has 0 aliphatic heterocycles. The quantitative estimate of drug-likeness (QED) is 0.651. The van der Waals surface area contributed by atoms with E-state index in [1.165, 1.54) is 5.56 Å². The topological polar surface area (TPSA) is 25.2 Å². The molecule has 3 heteroatoms. The number of hydrogen-bond donors (Lipinski definition) is 1. The molecule has 0 atom stereocenters. The van der Waals surface area contributed by atoms with Crippen molar-refractivity contribution in [3.63, 3.8) is 0 Å². The lowest BCUT2D eigenvalue weighted by molar-refractivity contribution is 0.631. The minimum absolute atomic E-state index is 0.727. The molecule has 21 heavy (non-hydrogen) atoms. The Morgan fingerprint density at radius 2 is 1.95 bits per heavy atom. The van der Waals surface area contributed by atoms with E-state index in [1.54, 1.807) is 0 Å². The fourth-order valence-electron chi connectivity index (χ4n) is 2.39. The molecular weight excluding hydrogens is 282 g/mol. The standard InChI is InChI=1S/C18H18ClNO/c1-2-9-20-12-13-7-8-15(16(19)10-13)18-11-14-5-3-4-6-17(14)21-18/h3-8,10-11,20H,2,9,12H2,1H3. The number of para-hydroxylation sites is 1. The predicted octanol–water partition coefficient (Wildman–Crippen LogP) is 5.25. The van der Waals surface area contributed by atoms with Gasteiger partial charge in [-0.2, -0.15) is 0 Å². The van der Waals surface area contributed by atoms with Crippen LogP contribution in [0.1, 0.15) is 18.9 Å². The van der Waals surface area contributed by atoms with Crippen LogP contribution in [0.25, 0.3) is 22.3 Å². The van der Waals surface area contributed by atoms with Gasteiger partial charge in [0, 0.05) is 17.5 Å². The second-order valence-corrected chi connectivity index (χ2v) is 5.55. The summed E-state index contributed by atoms with van der Waals surface area (Å²) in [6, 6.07) is 16.2. The molecular formula is C18H18ClNO. The maximum absolute atomic E-state index is 6.42. The number of hydrogen-bond acceptors (Lipinski definition) is 2. The van der Waals surface area contributed by atoms with Gasteiger partial charge in [-0.1, -0.05) is 42.8 Å². The smallest absolute Gasteiger partial charge is 0.136 e. The third kappa shape index (κ3) is 3.12. The van der Waals surface area contributed by atoms with Gasteiger partial charge in [0.1, 0.15) is 11.3 Å². The van der Waals surface area contributed by atoms with Gasteiger partial charge in [0.25, 0.3) is 0 Å². The van der Waals surface area contributed by atoms with Crippen LogP contribution >= 0.6 is 11.6 Å². The number of furan rings is 1. The predicted molar refractivity (Wildman–Crippen MR) is 88.7 cm³/mol. The van der Waals surface area contributed by atoms with E-state index in [0.29, 0.717) is 0 Å². The van der Waals surface area contributed by atoms with Gasteiger partial charge in [-0.05, 0) is 42.8 Å². The second-order valence-electron chi connectivity index (χ2n) is 5.14. The molecule has 1 N–H and O–H groups in total. The van der Waals surface area contributed by atoms with Crippen molar-refractivity contribution < 1.29 is 4.42 Å². The van der Waals surface area contributed by atoms with Crippen molar-refractivity contribution in [2.75, 3.05) is 6.54 Å². The van der Waals surface area contributed by atoms with E-state index >= 15 is 0 Å². The van der Waals surface area contributed by atoms with Crippen LogP contribution in [0, 0.1) is 0 Å². The highest BCUT2D eigenvalue weighted by Gasteiger charge is 2.10. The molecule has 2 aromatic carbocycles. The summed E-state index contributed by atoms with van der Waals surface area (Å²) in [5.41, 5.74) is 3.01. The molecule has 0 amide bonds. The Hall–Kier alpha value is -1.77. The average molecular weight is 300 g/mol. The fraction of sp³-hybridized carbons (Fsp3) is 0.222. The Labute approximate surface area is 129 Å². The van der Waals surface area contributed by atoms with Crippen molar-refractivity contribution in [1.82, 2.24) is 5.32 Å². The summed E-state index contributed by atoms with van der Waals surface area (Å²) in [5.74, 6) is 0.814. The van der Waals surface area contributed by atoms with Gasteiger partial charge in [-0.15, -0.1) is 0 Å². The molecule has 0 aliphatic carbocycles. The Morgan fingerprint density at radius 1 is 1.10 bits per heavy atom. The van der Waals surface area contributed by atoms with Gasteiger partial charge in [0.2, 0.25) is 0 Å². The summed E-state index contributed by atoms with van der Waals surface area (Å²) in [6.45, 7) is 4.02. The van der Waals surface area contributed by atoms with E-state index < -0.39 is 0 Å². The lowest BCUT2D eigenvalue weighted by Crippen LogP contribution is -2.13. The van der Waals surface area contributed by atoms with Gasteiger partial charge < -0.3 is 9.73 Å². The zero-order chi connectivity index (χ0) is 14.7. The molecule has 3 aromatic rings. The first-order valence-corrected chi connectivity index (χ1v) is 7.64. The number of benzene rings is 2. The van der Waals surface area contributed by atoms with Crippen molar-refractivity contribution in [2.45, 2.75) is 19.9 Å². The maximum atomic E-state index is 6.42. The van der Waals surface area contributed by atoms with Crippen LogP contribution in [-0.4, -0.2) is 6.54 Å². The van der Waals surface area contributed by atoms with Gasteiger partial charge in [-0.3, -0.25) is 0 Å². The van der Waals surface area contributed by atoms with Crippen molar-refractivity contribution >= 4 is 22.6 Å². The molecule has 0 saturated heterocycles. The van der Waals surface area contributed by atoms with E-state index in [0.717, 1.165) is 46.8 Å². The zero-order valence-corrected chi connectivity index (χ0v) is 12.8. The highest BCUT2D eigenvalue weighted by atomic mass is 35.5. The highest BCUT2D eigenvalue weighted by molar-refractivity contribution is 6.33. The van der Waals surface area contributed by atoms with Crippen molar-refractivity contribution in [1.29, 1.82) is 0 Å². The number of nitrogens with one attached hydrogen (secondary N) is 1. The second kappa shape index (κ2) is 6.33. The monoisotopic (exact) mass is 299 g/mol. The van der Waals surface area contributed by atoms with E-state index in [9.17, 15) is 0 Å². The largest absolute Gasteiger partial charge is 0.456 e. The third-order valence-electron chi connectivity index (χ3n) is 3.48. The lowest BCUT2D eigenvalue weighted by Gasteiger charge is -2.06. The molecule has 3 rings (SSSR count). The molecule has 0 radical (unpaired) electrons. The van der Waals surface area contributed by atoms with E-state index in [2.05, 4.69) is 18.3 Å². The molecule has 0 aliphatic rings. The van der Waals surface area contributed by atoms with Crippen molar-refractivity contribution in [3.05, 3.63) is 59.1 Å². The van der Waals surface area contributed by atoms with Crippen LogP contribution in [0.15, 0.2) is 52.9 Å². The fourth-order valence-corrected chi connectivity index (χ4v) is 2.69. The summed E-state index contributed by atoms with van der Waals surface area (Å²) in [4.78, 5) is 0. The van der Waals surface area contributed by atoms with E-state index in [-0.39, 0.29) is 0 Å². The zero-order valence-electron chi connectivity index (χ0n) is 12.0. The van der Waals surface area contributed by atoms with Gasteiger partial charge in [0.15, 0.2) is 0 Å². The van der Waals surface area contributed by atoms with E-state index in [4.69, 9.17) is 16.0 Å². The normalized spacial score (nSPS) is 11.1. The minimum atomic E-state index is 0.727. The SMILES string of the molecule is CCCNCc1ccc(-c2cc3ccccc3o2)c(Cl)c1. The van der Waals surface area contributed by atoms with Crippen molar-refractivity contribution in [3.8, 4) is 11.3 Å². The Kier molecular flexibility index (Phi) is 4.28. The Bertz CT molecular complexity index is 715. The molecule has 1 aromatic heterocycles. The highest BCUT2D eigenvalue weighted by Crippen LogP contribution is 2.33. The molecule has 1 heterocycles. The molecule has 108 valence electrons. The number of rotatable bonds is 5. The molecule has 0 spiro atoms. The molecule has 0 bridgehead atoms. The van der Waals surface area contributed by atoms with Crippen LogP contribution in [0.3, 0.4) is 0 Å².